The number of hydrogen-bond acceptors (Lipinski definition) is 5. The Balaban J connectivity index is 1.67. The zero-order valence-corrected chi connectivity index (χ0v) is 15.0. The molecule has 0 unspecified atom stereocenters. The Kier molecular flexibility index (Phi) is 5.17. The van der Waals surface area contributed by atoms with Gasteiger partial charge in [-0.2, -0.15) is 0 Å². The number of anilines is 1. The van der Waals surface area contributed by atoms with E-state index in [1.807, 2.05) is 0 Å². The maximum absolute atomic E-state index is 12.3. The third-order valence-electron chi connectivity index (χ3n) is 3.31. The zero-order valence-electron chi connectivity index (χ0n) is 12.6. The van der Waals surface area contributed by atoms with Gasteiger partial charge >= 0.3 is 0 Å². The van der Waals surface area contributed by atoms with Crippen LogP contribution in [0.25, 0.3) is 0 Å². The monoisotopic (exact) mass is 398 g/mol. The average Bonchev–Trinajstić information content (AvgIpc) is 2.59. The molecule has 1 amide bonds. The lowest BCUT2D eigenvalue weighted by Gasteiger charge is -2.18. The minimum atomic E-state index is -0.412. The van der Waals surface area contributed by atoms with Crippen molar-refractivity contribution < 1.29 is 19.4 Å². The van der Waals surface area contributed by atoms with Crippen LogP contribution < -0.4 is 20.1 Å². The number of nitrogens with one attached hydrogen (secondary N) is 2. The summed E-state index contributed by atoms with van der Waals surface area (Å²) in [6.07, 6.45) is 0. The SMILES string of the molecule is O=C(NC(=S)Nc1cc(Cl)c(O)c(Cl)c1)c1ccc2c(c1)OCCO2. The summed E-state index contributed by atoms with van der Waals surface area (Å²) < 4.78 is 10.9. The van der Waals surface area contributed by atoms with Gasteiger partial charge in [0.25, 0.3) is 5.91 Å². The molecule has 0 saturated heterocycles. The van der Waals surface area contributed by atoms with Crippen molar-refractivity contribution in [1.29, 1.82) is 0 Å². The molecular weight excluding hydrogens is 387 g/mol. The molecule has 0 fully saturated rings. The van der Waals surface area contributed by atoms with E-state index in [2.05, 4.69) is 10.6 Å². The van der Waals surface area contributed by atoms with Crippen LogP contribution in [0.2, 0.25) is 10.0 Å². The Morgan fingerprint density at radius 1 is 1.08 bits per heavy atom. The number of fused-ring (bicyclic) bond motifs is 1. The number of carbonyl (C=O) groups excluding carboxylic acids is 1. The molecule has 9 heteroatoms. The number of rotatable bonds is 2. The van der Waals surface area contributed by atoms with Crippen molar-refractivity contribution >= 4 is 52.1 Å². The van der Waals surface area contributed by atoms with Crippen LogP contribution in [-0.4, -0.2) is 29.3 Å². The fraction of sp³-hybridized carbons (Fsp3) is 0.125. The van der Waals surface area contributed by atoms with E-state index in [4.69, 9.17) is 44.9 Å². The summed E-state index contributed by atoms with van der Waals surface area (Å²) in [5.74, 6) is 0.470. The fourth-order valence-corrected chi connectivity index (χ4v) is 2.86. The molecule has 0 aliphatic carbocycles. The van der Waals surface area contributed by atoms with Gasteiger partial charge in [0.1, 0.15) is 13.2 Å². The Morgan fingerprint density at radius 2 is 1.72 bits per heavy atom. The number of carbonyl (C=O) groups is 1. The summed E-state index contributed by atoms with van der Waals surface area (Å²) >= 11 is 16.8. The number of halogens is 2. The van der Waals surface area contributed by atoms with Crippen LogP contribution in [0, 0.1) is 0 Å². The van der Waals surface area contributed by atoms with Crippen LogP contribution in [-0.2, 0) is 0 Å². The Bertz CT molecular complexity index is 837. The lowest BCUT2D eigenvalue weighted by Crippen LogP contribution is -2.34. The summed E-state index contributed by atoms with van der Waals surface area (Å²) in [7, 11) is 0. The van der Waals surface area contributed by atoms with Gasteiger partial charge in [-0.15, -0.1) is 0 Å². The first-order chi connectivity index (χ1) is 11.9. The van der Waals surface area contributed by atoms with E-state index in [0.717, 1.165) is 0 Å². The predicted octanol–water partition coefficient (Wildman–Crippen LogP) is 3.60. The van der Waals surface area contributed by atoms with Crippen molar-refractivity contribution in [3.05, 3.63) is 45.9 Å². The summed E-state index contributed by atoms with van der Waals surface area (Å²) in [6, 6.07) is 7.73. The first-order valence-corrected chi connectivity index (χ1v) is 8.30. The van der Waals surface area contributed by atoms with E-state index in [0.29, 0.717) is 36.0 Å². The normalized spacial score (nSPS) is 12.4. The molecule has 1 aliphatic rings. The second kappa shape index (κ2) is 7.35. The van der Waals surface area contributed by atoms with Crippen molar-refractivity contribution in [2.24, 2.45) is 0 Å². The molecule has 0 spiro atoms. The van der Waals surface area contributed by atoms with E-state index in [1.165, 1.54) is 12.1 Å². The summed E-state index contributed by atoms with van der Waals surface area (Å²) in [6.45, 7) is 0.907. The predicted molar refractivity (Wildman–Crippen MR) is 99.2 cm³/mol. The lowest BCUT2D eigenvalue weighted by molar-refractivity contribution is 0.0976. The smallest absolute Gasteiger partial charge is 0.257 e. The van der Waals surface area contributed by atoms with Crippen molar-refractivity contribution in [2.75, 3.05) is 18.5 Å². The highest BCUT2D eigenvalue weighted by Crippen LogP contribution is 2.34. The molecule has 0 bridgehead atoms. The molecule has 0 atom stereocenters. The number of thiocarbonyl (C=S) groups is 1. The van der Waals surface area contributed by atoms with Gasteiger partial charge in [0.2, 0.25) is 0 Å². The van der Waals surface area contributed by atoms with Crippen molar-refractivity contribution in [3.8, 4) is 17.2 Å². The van der Waals surface area contributed by atoms with Gasteiger partial charge in [0.05, 0.1) is 10.0 Å². The number of hydrogen-bond donors (Lipinski definition) is 3. The third-order valence-corrected chi connectivity index (χ3v) is 4.09. The maximum Gasteiger partial charge on any atom is 0.257 e. The van der Waals surface area contributed by atoms with Crippen molar-refractivity contribution in [1.82, 2.24) is 5.32 Å². The van der Waals surface area contributed by atoms with E-state index >= 15 is 0 Å². The summed E-state index contributed by atoms with van der Waals surface area (Å²) in [4.78, 5) is 12.3. The average molecular weight is 399 g/mol. The first kappa shape index (κ1) is 17.6. The highest BCUT2D eigenvalue weighted by molar-refractivity contribution is 7.80. The quantitative estimate of drug-likeness (QED) is 0.529. The number of ether oxygens (including phenoxy) is 2. The van der Waals surface area contributed by atoms with Gasteiger partial charge in [-0.1, -0.05) is 23.2 Å². The van der Waals surface area contributed by atoms with E-state index in [-0.39, 0.29) is 20.9 Å². The van der Waals surface area contributed by atoms with Gasteiger partial charge in [-0.25, -0.2) is 0 Å². The van der Waals surface area contributed by atoms with E-state index in [9.17, 15) is 9.90 Å². The number of aromatic hydroxyl groups is 1. The van der Waals surface area contributed by atoms with Gasteiger partial charge in [0, 0.05) is 11.3 Å². The second-order valence-corrected chi connectivity index (χ2v) is 6.28. The number of benzene rings is 2. The first-order valence-electron chi connectivity index (χ1n) is 7.14. The molecule has 0 saturated carbocycles. The summed E-state index contributed by atoms with van der Waals surface area (Å²) in [5, 5.41) is 15.0. The largest absolute Gasteiger partial charge is 0.505 e. The van der Waals surface area contributed by atoms with Gasteiger partial charge < -0.3 is 19.9 Å². The Labute approximate surface area is 158 Å². The van der Waals surface area contributed by atoms with E-state index < -0.39 is 5.91 Å². The molecule has 6 nitrogen and oxygen atoms in total. The van der Waals surface area contributed by atoms with E-state index in [1.54, 1.807) is 18.2 Å². The molecule has 130 valence electrons. The van der Waals surface area contributed by atoms with Crippen molar-refractivity contribution in [2.45, 2.75) is 0 Å². The van der Waals surface area contributed by atoms with Crippen molar-refractivity contribution in [3.63, 3.8) is 0 Å². The van der Waals surface area contributed by atoms with Crippen LogP contribution in [0.4, 0.5) is 5.69 Å². The molecule has 2 aromatic carbocycles. The Morgan fingerprint density at radius 3 is 2.40 bits per heavy atom. The van der Waals surface area contributed by atoms with Gasteiger partial charge in [-0.05, 0) is 42.5 Å². The Hall–Kier alpha value is -2.22. The maximum atomic E-state index is 12.3. The van der Waals surface area contributed by atoms with Crippen LogP contribution in [0.5, 0.6) is 17.2 Å². The molecule has 1 heterocycles. The van der Waals surface area contributed by atoms with Crippen LogP contribution in [0.15, 0.2) is 30.3 Å². The van der Waals surface area contributed by atoms with Crippen LogP contribution >= 0.6 is 35.4 Å². The van der Waals surface area contributed by atoms with Gasteiger partial charge in [-0.3, -0.25) is 10.1 Å². The molecule has 3 rings (SSSR count). The molecule has 3 N–H and O–H groups in total. The topological polar surface area (TPSA) is 79.8 Å². The minimum absolute atomic E-state index is 0.0534. The summed E-state index contributed by atoms with van der Waals surface area (Å²) in [5.41, 5.74) is 0.801. The highest BCUT2D eigenvalue weighted by atomic mass is 35.5. The molecule has 0 radical (unpaired) electrons. The number of phenols is 1. The molecular formula is C16H12Cl2N2O4S. The fourth-order valence-electron chi connectivity index (χ4n) is 2.16. The van der Waals surface area contributed by atoms with Gasteiger partial charge in [0.15, 0.2) is 22.4 Å². The lowest BCUT2D eigenvalue weighted by atomic mass is 10.2. The van der Waals surface area contributed by atoms with Crippen LogP contribution in [0.3, 0.4) is 0 Å². The standard InChI is InChI=1S/C16H12Cl2N2O4S/c17-10-6-9(7-11(18)14(10)21)19-16(25)20-15(22)8-1-2-12-13(5-8)24-4-3-23-12/h1-2,5-7,21H,3-4H2,(H2,19,20,22,25). The third kappa shape index (κ3) is 4.07. The molecule has 2 aromatic rings. The van der Waals surface area contributed by atoms with Crippen LogP contribution in [0.1, 0.15) is 10.4 Å². The minimum Gasteiger partial charge on any atom is -0.505 e. The number of amides is 1. The number of phenolic OH excluding ortho intramolecular Hbond substituents is 1. The molecule has 0 aromatic heterocycles. The molecule has 25 heavy (non-hydrogen) atoms. The zero-order chi connectivity index (χ0) is 18.0. The molecule has 1 aliphatic heterocycles. The highest BCUT2D eigenvalue weighted by Gasteiger charge is 2.16. The second-order valence-electron chi connectivity index (χ2n) is 5.06.